The van der Waals surface area contributed by atoms with Crippen LogP contribution in [-0.4, -0.2) is 60.6 Å². The molecule has 34 heavy (non-hydrogen) atoms. The molecule has 2 heterocycles. The van der Waals surface area contributed by atoms with Crippen molar-refractivity contribution >= 4 is 29.2 Å². The lowest BCUT2D eigenvalue weighted by atomic mass is 9.89. The Hall–Kier alpha value is -2.57. The number of urea groups is 1. The van der Waals surface area contributed by atoms with Crippen molar-refractivity contribution < 1.29 is 14.3 Å². The number of imide groups is 1. The first kappa shape index (κ1) is 24.6. The van der Waals surface area contributed by atoms with Crippen molar-refractivity contribution in [2.24, 2.45) is 5.92 Å². The van der Waals surface area contributed by atoms with Crippen LogP contribution in [-0.2, 0) is 11.2 Å². The number of rotatable bonds is 7. The van der Waals surface area contributed by atoms with Crippen LogP contribution in [0.1, 0.15) is 38.7 Å². The zero-order valence-corrected chi connectivity index (χ0v) is 21.0. The van der Waals surface area contributed by atoms with E-state index in [1.807, 2.05) is 44.2 Å². The molecule has 3 amide bonds. The number of likely N-dealkylation sites (tertiary alicyclic amines) is 1. The van der Waals surface area contributed by atoms with Crippen molar-refractivity contribution in [2.75, 3.05) is 31.6 Å². The zero-order valence-electron chi connectivity index (χ0n) is 20.2. The summed E-state index contributed by atoms with van der Waals surface area (Å²) >= 11 is 6.47. The van der Waals surface area contributed by atoms with Gasteiger partial charge in [0.05, 0.1) is 17.8 Å². The average Bonchev–Trinajstić information content (AvgIpc) is 2.81. The maximum Gasteiger partial charge on any atom is 0.331 e. The van der Waals surface area contributed by atoms with Crippen LogP contribution in [0.2, 0.25) is 5.02 Å². The minimum absolute atomic E-state index is 0.101. The van der Waals surface area contributed by atoms with Crippen LogP contribution in [0.3, 0.4) is 0 Å². The lowest BCUT2D eigenvalue weighted by Crippen LogP contribution is -2.58. The molecule has 7 heteroatoms. The van der Waals surface area contributed by atoms with E-state index in [9.17, 15) is 9.59 Å². The number of nitrogens with zero attached hydrogens (tertiary/aromatic N) is 3. The fraction of sp³-hybridized carbons (Fsp3) is 0.481. The third kappa shape index (κ3) is 5.73. The number of hydrogen-bond donors (Lipinski definition) is 0. The number of piperidine rings is 1. The second kappa shape index (κ2) is 10.8. The van der Waals surface area contributed by atoms with Gasteiger partial charge in [0, 0.05) is 25.0 Å². The molecule has 1 unspecified atom stereocenters. The number of amides is 3. The first-order valence-corrected chi connectivity index (χ1v) is 12.5. The predicted octanol–water partition coefficient (Wildman–Crippen LogP) is 5.24. The van der Waals surface area contributed by atoms with Crippen molar-refractivity contribution in [3.8, 4) is 5.75 Å². The summed E-state index contributed by atoms with van der Waals surface area (Å²) in [5.41, 5.74) is 1.77. The molecule has 2 aromatic rings. The molecule has 2 aliphatic rings. The number of likely N-dealkylation sites (N-methyl/N-ethyl adjacent to an activating group) is 1. The van der Waals surface area contributed by atoms with Gasteiger partial charge in [-0.25, -0.2) is 9.69 Å². The summed E-state index contributed by atoms with van der Waals surface area (Å²) in [7, 11) is 1.80. The molecule has 0 N–H and O–H groups in total. The second-order valence-corrected chi connectivity index (χ2v) is 10.1. The summed E-state index contributed by atoms with van der Waals surface area (Å²) in [5.74, 6) is 1.29. The van der Waals surface area contributed by atoms with Crippen molar-refractivity contribution in [3.05, 3.63) is 59.1 Å². The summed E-state index contributed by atoms with van der Waals surface area (Å²) in [6.45, 7) is 6.68. The van der Waals surface area contributed by atoms with E-state index in [4.69, 9.17) is 16.3 Å². The van der Waals surface area contributed by atoms with Gasteiger partial charge in [-0.2, -0.15) is 0 Å². The Kier molecular flexibility index (Phi) is 7.79. The average molecular weight is 484 g/mol. The Morgan fingerprint density at radius 2 is 1.76 bits per heavy atom. The maximum atomic E-state index is 13.0. The predicted molar refractivity (Wildman–Crippen MR) is 136 cm³/mol. The number of benzene rings is 2. The van der Waals surface area contributed by atoms with E-state index in [-0.39, 0.29) is 24.1 Å². The van der Waals surface area contributed by atoms with Crippen LogP contribution in [0.25, 0.3) is 0 Å². The molecule has 0 saturated carbocycles. The molecule has 182 valence electrons. The quantitative estimate of drug-likeness (QED) is 0.540. The number of carbonyl (C=O) groups is 2. The van der Waals surface area contributed by atoms with Gasteiger partial charge in [0.1, 0.15) is 5.75 Å². The van der Waals surface area contributed by atoms with Crippen LogP contribution >= 0.6 is 11.6 Å². The van der Waals surface area contributed by atoms with Gasteiger partial charge in [-0.1, -0.05) is 29.8 Å². The summed E-state index contributed by atoms with van der Waals surface area (Å²) in [4.78, 5) is 31.2. The molecule has 2 fully saturated rings. The van der Waals surface area contributed by atoms with Gasteiger partial charge in [0.15, 0.2) is 0 Å². The van der Waals surface area contributed by atoms with Crippen LogP contribution in [0, 0.1) is 5.92 Å². The van der Waals surface area contributed by atoms with E-state index in [0.29, 0.717) is 18.0 Å². The molecule has 0 radical (unpaired) electrons. The summed E-state index contributed by atoms with van der Waals surface area (Å²) in [6, 6.07) is 14.7. The highest BCUT2D eigenvalue weighted by molar-refractivity contribution is 6.31. The van der Waals surface area contributed by atoms with Crippen molar-refractivity contribution in [3.63, 3.8) is 0 Å². The molecule has 2 saturated heterocycles. The second-order valence-electron chi connectivity index (χ2n) is 9.68. The largest absolute Gasteiger partial charge is 0.491 e. The monoisotopic (exact) mass is 483 g/mol. The van der Waals surface area contributed by atoms with Gasteiger partial charge in [-0.3, -0.25) is 4.79 Å². The van der Waals surface area contributed by atoms with Gasteiger partial charge < -0.3 is 14.5 Å². The van der Waals surface area contributed by atoms with Gasteiger partial charge in [-0.15, -0.1) is 0 Å². The SMILES string of the molecule is CC(C)Oc1ccc(Cl)c(CC2CCN(CC3CC(=O)N(c4ccccc4)C(=O)N3C)CC2)c1. The van der Waals surface area contributed by atoms with Crippen LogP contribution in [0.5, 0.6) is 5.75 Å². The van der Waals surface area contributed by atoms with Crippen molar-refractivity contribution in [1.29, 1.82) is 0 Å². The first-order valence-electron chi connectivity index (χ1n) is 12.1. The Morgan fingerprint density at radius 1 is 1.06 bits per heavy atom. The highest BCUT2D eigenvalue weighted by Crippen LogP contribution is 2.30. The van der Waals surface area contributed by atoms with Crippen LogP contribution < -0.4 is 9.64 Å². The first-order chi connectivity index (χ1) is 16.3. The van der Waals surface area contributed by atoms with Crippen LogP contribution in [0.15, 0.2) is 48.5 Å². The minimum Gasteiger partial charge on any atom is -0.491 e. The molecular weight excluding hydrogens is 450 g/mol. The highest BCUT2D eigenvalue weighted by Gasteiger charge is 2.38. The molecule has 0 bridgehead atoms. The Labute approximate surface area is 207 Å². The number of anilines is 1. The molecule has 2 aromatic carbocycles. The number of para-hydroxylation sites is 1. The minimum atomic E-state index is -0.250. The van der Waals surface area contributed by atoms with Crippen molar-refractivity contribution in [2.45, 2.75) is 51.7 Å². The number of hydrogen-bond acceptors (Lipinski definition) is 4. The van der Waals surface area contributed by atoms with E-state index in [2.05, 4.69) is 11.0 Å². The molecule has 0 spiro atoms. The van der Waals surface area contributed by atoms with E-state index in [1.165, 1.54) is 4.90 Å². The Balaban J connectivity index is 1.31. The number of ether oxygens (including phenoxy) is 1. The topological polar surface area (TPSA) is 53.1 Å². The normalized spacial score (nSPS) is 20.3. The van der Waals surface area contributed by atoms with Crippen molar-refractivity contribution in [1.82, 2.24) is 9.80 Å². The molecule has 2 aliphatic heterocycles. The lowest BCUT2D eigenvalue weighted by Gasteiger charge is -2.41. The molecule has 0 aromatic heterocycles. The van der Waals surface area contributed by atoms with E-state index >= 15 is 0 Å². The van der Waals surface area contributed by atoms with Gasteiger partial charge >= 0.3 is 6.03 Å². The van der Waals surface area contributed by atoms with E-state index in [1.54, 1.807) is 24.1 Å². The summed E-state index contributed by atoms with van der Waals surface area (Å²) < 4.78 is 5.83. The molecule has 6 nitrogen and oxygen atoms in total. The maximum absolute atomic E-state index is 13.0. The van der Waals surface area contributed by atoms with Crippen LogP contribution in [0.4, 0.5) is 10.5 Å². The third-order valence-electron chi connectivity index (χ3n) is 6.79. The Bertz CT molecular complexity index is 1010. The number of halogens is 1. The molecule has 0 aliphatic carbocycles. The molecular formula is C27H34ClN3O3. The molecule has 4 rings (SSSR count). The standard InChI is InChI=1S/C27H34ClN3O3/c1-19(2)34-24-9-10-25(28)21(16-24)15-20-11-13-30(14-12-20)18-23-17-26(32)31(27(33)29(23)3)22-7-5-4-6-8-22/h4-10,16,19-20,23H,11-15,17-18H2,1-3H3. The third-order valence-corrected chi connectivity index (χ3v) is 7.16. The zero-order chi connectivity index (χ0) is 24.2. The Morgan fingerprint density at radius 3 is 2.44 bits per heavy atom. The van der Waals surface area contributed by atoms with Gasteiger partial charge in [0.2, 0.25) is 5.91 Å². The smallest absolute Gasteiger partial charge is 0.331 e. The number of carbonyl (C=O) groups excluding carboxylic acids is 2. The lowest BCUT2D eigenvalue weighted by molar-refractivity contribution is -0.120. The fourth-order valence-electron chi connectivity index (χ4n) is 4.90. The van der Waals surface area contributed by atoms with Gasteiger partial charge in [-0.05, 0) is 88.0 Å². The highest BCUT2D eigenvalue weighted by atomic mass is 35.5. The van der Waals surface area contributed by atoms with E-state index < -0.39 is 0 Å². The summed E-state index contributed by atoms with van der Waals surface area (Å²) in [6.07, 6.45) is 3.55. The molecule has 1 atom stereocenters. The fourth-order valence-corrected chi connectivity index (χ4v) is 5.10. The van der Waals surface area contributed by atoms with E-state index in [0.717, 1.165) is 55.2 Å². The van der Waals surface area contributed by atoms with Gasteiger partial charge in [0.25, 0.3) is 0 Å². The summed E-state index contributed by atoms with van der Waals surface area (Å²) in [5, 5.41) is 0.794.